The van der Waals surface area contributed by atoms with Crippen LogP contribution in [0.25, 0.3) is 16.6 Å². The fraction of sp³-hybridized carbons (Fsp3) is 0.0714. The van der Waals surface area contributed by atoms with Gasteiger partial charge in [-0.25, -0.2) is 4.68 Å². The van der Waals surface area contributed by atoms with Crippen LogP contribution in [0.2, 0.25) is 5.02 Å². The number of hydrogen-bond acceptors (Lipinski definition) is 2. The van der Waals surface area contributed by atoms with Gasteiger partial charge in [-0.3, -0.25) is 0 Å². The average molecular weight is 258 g/mol. The monoisotopic (exact) mass is 257 g/mol. The Balaban J connectivity index is 2.29. The Morgan fingerprint density at radius 1 is 1.22 bits per heavy atom. The Kier molecular flexibility index (Phi) is 2.49. The van der Waals surface area contributed by atoms with Crippen LogP contribution >= 0.6 is 11.6 Å². The number of fused-ring (bicyclic) bond motifs is 1. The van der Waals surface area contributed by atoms with Crippen molar-refractivity contribution in [2.75, 3.05) is 5.73 Å². The van der Waals surface area contributed by atoms with Gasteiger partial charge in [-0.2, -0.15) is 5.10 Å². The molecular formula is C14H12ClN3. The highest BCUT2D eigenvalue weighted by Crippen LogP contribution is 2.27. The van der Waals surface area contributed by atoms with Crippen molar-refractivity contribution in [1.82, 2.24) is 9.78 Å². The van der Waals surface area contributed by atoms with Crippen molar-refractivity contribution in [2.45, 2.75) is 6.92 Å². The molecule has 3 rings (SSSR count). The minimum atomic E-state index is 0.551. The van der Waals surface area contributed by atoms with Crippen LogP contribution in [0, 0.1) is 6.92 Å². The topological polar surface area (TPSA) is 43.8 Å². The lowest BCUT2D eigenvalue weighted by molar-refractivity contribution is 0.902. The number of nitrogen functional groups attached to an aromatic ring is 1. The van der Waals surface area contributed by atoms with Crippen molar-refractivity contribution in [3.05, 3.63) is 53.2 Å². The van der Waals surface area contributed by atoms with Gasteiger partial charge in [-0.1, -0.05) is 29.8 Å². The Bertz CT molecular complexity index is 731. The molecule has 0 spiro atoms. The number of hydrogen-bond donors (Lipinski definition) is 1. The van der Waals surface area contributed by atoms with E-state index in [1.807, 2.05) is 54.2 Å². The number of aryl methyl sites for hydroxylation is 1. The van der Waals surface area contributed by atoms with Crippen molar-refractivity contribution in [1.29, 1.82) is 0 Å². The first-order valence-corrected chi connectivity index (χ1v) is 6.03. The molecule has 0 fully saturated rings. The molecule has 0 radical (unpaired) electrons. The third kappa shape index (κ3) is 1.64. The minimum Gasteiger partial charge on any atom is -0.398 e. The molecule has 0 aliphatic carbocycles. The summed E-state index contributed by atoms with van der Waals surface area (Å²) in [7, 11) is 0. The third-order valence-corrected chi connectivity index (χ3v) is 3.35. The zero-order chi connectivity index (χ0) is 12.7. The highest BCUT2D eigenvalue weighted by molar-refractivity contribution is 6.33. The Morgan fingerprint density at radius 3 is 2.83 bits per heavy atom. The number of aromatic nitrogens is 2. The zero-order valence-electron chi connectivity index (χ0n) is 9.89. The highest BCUT2D eigenvalue weighted by Gasteiger charge is 2.09. The van der Waals surface area contributed by atoms with Gasteiger partial charge in [0.15, 0.2) is 0 Å². The Hall–Kier alpha value is -2.00. The molecule has 0 aliphatic rings. The second kappa shape index (κ2) is 4.03. The van der Waals surface area contributed by atoms with Crippen molar-refractivity contribution in [3.63, 3.8) is 0 Å². The number of benzene rings is 2. The summed E-state index contributed by atoms with van der Waals surface area (Å²) in [5.74, 6) is 0. The maximum atomic E-state index is 6.09. The number of nitrogens with zero attached hydrogens (tertiary/aromatic N) is 2. The summed E-state index contributed by atoms with van der Waals surface area (Å²) in [4.78, 5) is 0. The molecule has 0 aliphatic heterocycles. The molecule has 0 amide bonds. The molecule has 3 nitrogen and oxygen atoms in total. The molecule has 3 aromatic rings. The molecular weight excluding hydrogens is 246 g/mol. The summed E-state index contributed by atoms with van der Waals surface area (Å²) in [6, 6.07) is 11.8. The minimum absolute atomic E-state index is 0.551. The molecule has 0 saturated carbocycles. The lowest BCUT2D eigenvalue weighted by atomic mass is 10.1. The maximum absolute atomic E-state index is 6.09. The predicted molar refractivity (Wildman–Crippen MR) is 75.2 cm³/mol. The van der Waals surface area contributed by atoms with Gasteiger partial charge in [0.1, 0.15) is 0 Å². The van der Waals surface area contributed by atoms with E-state index in [1.54, 1.807) is 0 Å². The average Bonchev–Trinajstić information content (AvgIpc) is 2.78. The quantitative estimate of drug-likeness (QED) is 0.678. The molecule has 2 N–H and O–H groups in total. The molecule has 0 bridgehead atoms. The summed E-state index contributed by atoms with van der Waals surface area (Å²) in [5, 5.41) is 6.07. The predicted octanol–water partition coefficient (Wildman–Crippen LogP) is 3.57. The van der Waals surface area contributed by atoms with E-state index in [2.05, 4.69) is 5.10 Å². The summed E-state index contributed by atoms with van der Waals surface area (Å²) >= 11 is 6.09. The molecule has 1 aromatic heterocycles. The summed E-state index contributed by atoms with van der Waals surface area (Å²) in [5.41, 5.74) is 9.44. The van der Waals surface area contributed by atoms with E-state index in [1.165, 1.54) is 0 Å². The first-order valence-electron chi connectivity index (χ1n) is 5.65. The van der Waals surface area contributed by atoms with Crippen LogP contribution in [0.4, 0.5) is 5.69 Å². The Morgan fingerprint density at radius 2 is 2.00 bits per heavy atom. The van der Waals surface area contributed by atoms with Gasteiger partial charge in [0.05, 0.1) is 28.1 Å². The lowest BCUT2D eigenvalue weighted by Gasteiger charge is -2.09. The van der Waals surface area contributed by atoms with Gasteiger partial charge >= 0.3 is 0 Å². The van der Waals surface area contributed by atoms with Gasteiger partial charge in [0.25, 0.3) is 0 Å². The van der Waals surface area contributed by atoms with Gasteiger partial charge in [0.2, 0.25) is 0 Å². The van der Waals surface area contributed by atoms with Crippen molar-refractivity contribution in [2.24, 2.45) is 0 Å². The van der Waals surface area contributed by atoms with E-state index in [0.717, 1.165) is 22.2 Å². The SMILES string of the molecule is Cc1cc(N)c(Cl)cc1-n1ncc2ccccc21. The lowest BCUT2D eigenvalue weighted by Crippen LogP contribution is -2.00. The van der Waals surface area contributed by atoms with Gasteiger partial charge < -0.3 is 5.73 Å². The molecule has 0 unspecified atom stereocenters. The second-order valence-electron chi connectivity index (χ2n) is 4.28. The standard InChI is InChI=1S/C14H12ClN3/c1-9-6-12(16)11(15)7-14(9)18-13-5-3-2-4-10(13)8-17-18/h2-8H,16H2,1H3. The zero-order valence-corrected chi connectivity index (χ0v) is 10.6. The molecule has 1 heterocycles. The number of halogens is 1. The van der Waals surface area contributed by atoms with E-state index in [-0.39, 0.29) is 0 Å². The van der Waals surface area contributed by atoms with Gasteiger partial charge in [-0.15, -0.1) is 0 Å². The fourth-order valence-corrected chi connectivity index (χ4v) is 2.24. The summed E-state index contributed by atoms with van der Waals surface area (Å²) in [6.07, 6.45) is 1.85. The molecule has 18 heavy (non-hydrogen) atoms. The molecule has 2 aromatic carbocycles. The van der Waals surface area contributed by atoms with E-state index in [0.29, 0.717) is 10.7 Å². The van der Waals surface area contributed by atoms with Crippen LogP contribution < -0.4 is 5.73 Å². The molecule has 0 saturated heterocycles. The van der Waals surface area contributed by atoms with E-state index in [9.17, 15) is 0 Å². The number of anilines is 1. The fourth-order valence-electron chi connectivity index (χ4n) is 2.09. The first-order chi connectivity index (χ1) is 8.66. The normalized spacial score (nSPS) is 11.0. The van der Waals surface area contributed by atoms with Crippen LogP contribution in [0.3, 0.4) is 0 Å². The summed E-state index contributed by atoms with van der Waals surface area (Å²) in [6.45, 7) is 2.00. The van der Waals surface area contributed by atoms with E-state index in [4.69, 9.17) is 17.3 Å². The van der Waals surface area contributed by atoms with Crippen molar-refractivity contribution < 1.29 is 0 Å². The maximum Gasteiger partial charge on any atom is 0.0741 e. The molecule has 4 heteroatoms. The van der Waals surface area contributed by atoms with Crippen molar-refractivity contribution in [3.8, 4) is 5.69 Å². The van der Waals surface area contributed by atoms with E-state index < -0.39 is 0 Å². The van der Waals surface area contributed by atoms with Crippen LogP contribution in [-0.4, -0.2) is 9.78 Å². The summed E-state index contributed by atoms with van der Waals surface area (Å²) < 4.78 is 1.88. The highest BCUT2D eigenvalue weighted by atomic mass is 35.5. The molecule has 0 atom stereocenters. The largest absolute Gasteiger partial charge is 0.398 e. The van der Waals surface area contributed by atoms with Crippen LogP contribution in [0.15, 0.2) is 42.6 Å². The number of nitrogens with two attached hydrogens (primary N) is 1. The number of para-hydroxylation sites is 1. The Labute approximate surface area is 110 Å². The van der Waals surface area contributed by atoms with Crippen molar-refractivity contribution >= 4 is 28.2 Å². The first kappa shape index (κ1) is 11.1. The van der Waals surface area contributed by atoms with Crippen LogP contribution in [0.1, 0.15) is 5.56 Å². The van der Waals surface area contributed by atoms with Gasteiger partial charge in [0, 0.05) is 5.39 Å². The van der Waals surface area contributed by atoms with Crippen LogP contribution in [-0.2, 0) is 0 Å². The smallest absolute Gasteiger partial charge is 0.0741 e. The van der Waals surface area contributed by atoms with Crippen LogP contribution in [0.5, 0.6) is 0 Å². The second-order valence-corrected chi connectivity index (χ2v) is 4.68. The van der Waals surface area contributed by atoms with E-state index >= 15 is 0 Å². The number of rotatable bonds is 1. The van der Waals surface area contributed by atoms with Gasteiger partial charge in [-0.05, 0) is 30.7 Å². The third-order valence-electron chi connectivity index (χ3n) is 3.02. The molecule has 90 valence electrons.